The Morgan fingerprint density at radius 1 is 1.41 bits per heavy atom. The topological polar surface area (TPSA) is 73.8 Å². The van der Waals surface area contributed by atoms with E-state index in [9.17, 15) is 4.79 Å². The van der Waals surface area contributed by atoms with Gasteiger partial charge in [-0.3, -0.25) is 4.79 Å². The molecule has 5 nitrogen and oxygen atoms in total. The average molecular weight is 250 g/mol. The highest BCUT2D eigenvalue weighted by atomic mass is 32.1. The zero-order valence-electron chi connectivity index (χ0n) is 9.80. The van der Waals surface area contributed by atoms with Crippen LogP contribution in [-0.2, 0) is 6.54 Å². The Kier molecular flexibility index (Phi) is 3.35. The second-order valence-corrected chi connectivity index (χ2v) is 4.92. The quantitative estimate of drug-likeness (QED) is 0.880. The zero-order chi connectivity index (χ0) is 12.4. The molecule has 0 aliphatic carbocycles. The van der Waals surface area contributed by atoms with Gasteiger partial charge in [-0.2, -0.15) is 5.10 Å². The van der Waals surface area contributed by atoms with Gasteiger partial charge in [0.05, 0.1) is 22.1 Å². The maximum Gasteiger partial charge on any atom is 0.266 e. The largest absolute Gasteiger partial charge is 0.329 e. The van der Waals surface area contributed by atoms with Crippen molar-refractivity contribution >= 4 is 11.3 Å². The number of rotatable bonds is 3. The highest BCUT2D eigenvalue weighted by molar-refractivity contribution is 7.15. The molecule has 0 saturated heterocycles. The van der Waals surface area contributed by atoms with Gasteiger partial charge < -0.3 is 5.73 Å². The molecule has 6 heteroatoms. The molecule has 2 rings (SSSR count). The predicted molar refractivity (Wildman–Crippen MR) is 68.1 cm³/mol. The van der Waals surface area contributed by atoms with Crippen LogP contribution >= 0.6 is 11.3 Å². The first kappa shape index (κ1) is 11.9. The van der Waals surface area contributed by atoms with Crippen molar-refractivity contribution in [2.24, 2.45) is 5.73 Å². The van der Waals surface area contributed by atoms with E-state index in [1.165, 1.54) is 10.7 Å². The summed E-state index contributed by atoms with van der Waals surface area (Å²) in [5.74, 6) is 0. The molecular weight excluding hydrogens is 236 g/mol. The minimum Gasteiger partial charge on any atom is -0.329 e. The van der Waals surface area contributed by atoms with Crippen LogP contribution < -0.4 is 11.3 Å². The van der Waals surface area contributed by atoms with Crippen LogP contribution in [0.4, 0.5) is 0 Å². The molecule has 0 saturated carbocycles. The van der Waals surface area contributed by atoms with E-state index in [0.29, 0.717) is 13.1 Å². The van der Waals surface area contributed by atoms with E-state index < -0.39 is 0 Å². The highest BCUT2D eigenvalue weighted by Crippen LogP contribution is 2.27. The first-order chi connectivity index (χ1) is 8.11. The van der Waals surface area contributed by atoms with E-state index in [4.69, 9.17) is 5.73 Å². The summed E-state index contributed by atoms with van der Waals surface area (Å²) in [6, 6.07) is 3.25. The molecule has 0 aliphatic heterocycles. The first-order valence-electron chi connectivity index (χ1n) is 5.34. The molecule has 0 bridgehead atoms. The van der Waals surface area contributed by atoms with E-state index in [0.717, 1.165) is 21.3 Å². The lowest BCUT2D eigenvalue weighted by molar-refractivity contribution is 0.590. The van der Waals surface area contributed by atoms with E-state index >= 15 is 0 Å². The van der Waals surface area contributed by atoms with Crippen LogP contribution in [0.2, 0.25) is 0 Å². The molecular formula is C11H14N4OS. The summed E-state index contributed by atoms with van der Waals surface area (Å²) in [5, 5.41) is 5.30. The Hall–Kier alpha value is -1.53. The minimum absolute atomic E-state index is 0.127. The molecule has 0 fully saturated rings. The Morgan fingerprint density at radius 3 is 2.76 bits per heavy atom. The molecule has 2 heterocycles. The average Bonchev–Trinajstić information content (AvgIpc) is 2.61. The predicted octanol–water partition coefficient (Wildman–Crippen LogP) is 0.942. The van der Waals surface area contributed by atoms with Gasteiger partial charge in [-0.05, 0) is 19.9 Å². The molecule has 0 spiro atoms. The highest BCUT2D eigenvalue weighted by Gasteiger charge is 2.10. The SMILES string of the molecule is Cc1nc(C)c(-c2ccc(=O)n(CCN)n2)s1. The molecule has 0 amide bonds. The van der Waals surface area contributed by atoms with Crippen molar-refractivity contribution in [3.8, 4) is 10.6 Å². The van der Waals surface area contributed by atoms with Crippen molar-refractivity contribution in [1.82, 2.24) is 14.8 Å². The zero-order valence-corrected chi connectivity index (χ0v) is 10.6. The van der Waals surface area contributed by atoms with Crippen LogP contribution in [-0.4, -0.2) is 21.3 Å². The number of aryl methyl sites for hydroxylation is 2. The van der Waals surface area contributed by atoms with Crippen LogP contribution in [0.25, 0.3) is 10.6 Å². The van der Waals surface area contributed by atoms with E-state index in [1.54, 1.807) is 17.4 Å². The van der Waals surface area contributed by atoms with Crippen LogP contribution in [0, 0.1) is 13.8 Å². The normalized spacial score (nSPS) is 10.8. The molecule has 2 aromatic heterocycles. The first-order valence-corrected chi connectivity index (χ1v) is 6.16. The second-order valence-electron chi connectivity index (χ2n) is 3.72. The van der Waals surface area contributed by atoms with Crippen LogP contribution in [0.1, 0.15) is 10.7 Å². The maximum absolute atomic E-state index is 11.5. The Balaban J connectivity index is 2.49. The number of hydrogen-bond acceptors (Lipinski definition) is 5. The lowest BCUT2D eigenvalue weighted by Crippen LogP contribution is -2.25. The summed E-state index contributed by atoms with van der Waals surface area (Å²) in [6.07, 6.45) is 0. The van der Waals surface area contributed by atoms with Crippen molar-refractivity contribution in [2.75, 3.05) is 6.54 Å². The molecule has 0 radical (unpaired) electrons. The van der Waals surface area contributed by atoms with Gasteiger partial charge >= 0.3 is 0 Å². The summed E-state index contributed by atoms with van der Waals surface area (Å²) < 4.78 is 1.39. The molecule has 90 valence electrons. The second kappa shape index (κ2) is 4.77. The Morgan fingerprint density at radius 2 is 2.18 bits per heavy atom. The van der Waals surface area contributed by atoms with Crippen molar-refractivity contribution in [2.45, 2.75) is 20.4 Å². The fraction of sp³-hybridized carbons (Fsp3) is 0.364. The minimum atomic E-state index is -0.127. The van der Waals surface area contributed by atoms with Gasteiger partial charge in [-0.25, -0.2) is 9.67 Å². The number of nitrogens with two attached hydrogens (primary N) is 1. The molecule has 0 unspecified atom stereocenters. The number of thiazole rings is 1. The summed E-state index contributed by atoms with van der Waals surface area (Å²) in [4.78, 5) is 16.9. The van der Waals surface area contributed by atoms with E-state index in [2.05, 4.69) is 10.1 Å². The van der Waals surface area contributed by atoms with Gasteiger partial charge in [0.1, 0.15) is 5.69 Å². The Bertz CT molecular complexity index is 587. The molecule has 0 aromatic carbocycles. The standard InChI is InChI=1S/C11H14N4OS/c1-7-11(17-8(2)13-7)9-3-4-10(16)15(14-9)6-5-12/h3-4H,5-6,12H2,1-2H3. The maximum atomic E-state index is 11.5. The lowest BCUT2D eigenvalue weighted by Gasteiger charge is -2.04. The van der Waals surface area contributed by atoms with Crippen LogP contribution in [0.3, 0.4) is 0 Å². The molecule has 17 heavy (non-hydrogen) atoms. The monoisotopic (exact) mass is 250 g/mol. The smallest absolute Gasteiger partial charge is 0.266 e. The van der Waals surface area contributed by atoms with E-state index in [1.807, 2.05) is 13.8 Å². The van der Waals surface area contributed by atoms with Gasteiger partial charge in [-0.15, -0.1) is 11.3 Å². The third-order valence-electron chi connectivity index (χ3n) is 2.34. The van der Waals surface area contributed by atoms with Crippen molar-refractivity contribution in [3.63, 3.8) is 0 Å². The van der Waals surface area contributed by atoms with Gasteiger partial charge in [0.2, 0.25) is 0 Å². The van der Waals surface area contributed by atoms with Crippen molar-refractivity contribution in [3.05, 3.63) is 33.2 Å². The van der Waals surface area contributed by atoms with Gasteiger partial charge in [0, 0.05) is 12.6 Å². The van der Waals surface area contributed by atoms with Gasteiger partial charge in [-0.1, -0.05) is 0 Å². The molecule has 2 aromatic rings. The molecule has 0 aliphatic rings. The third kappa shape index (κ3) is 2.42. The van der Waals surface area contributed by atoms with Crippen LogP contribution in [0.15, 0.2) is 16.9 Å². The van der Waals surface area contributed by atoms with E-state index in [-0.39, 0.29) is 5.56 Å². The summed E-state index contributed by atoms with van der Waals surface area (Å²) in [5.41, 5.74) is 7.04. The van der Waals surface area contributed by atoms with Gasteiger partial charge in [0.15, 0.2) is 0 Å². The number of hydrogen-bond donors (Lipinski definition) is 1. The summed E-state index contributed by atoms with van der Waals surface area (Å²) >= 11 is 1.58. The number of aromatic nitrogens is 3. The Labute approximate surface area is 103 Å². The third-order valence-corrected chi connectivity index (χ3v) is 3.44. The summed E-state index contributed by atoms with van der Waals surface area (Å²) in [7, 11) is 0. The van der Waals surface area contributed by atoms with Crippen LogP contribution in [0.5, 0.6) is 0 Å². The van der Waals surface area contributed by atoms with Crippen molar-refractivity contribution < 1.29 is 0 Å². The lowest BCUT2D eigenvalue weighted by atomic mass is 10.3. The van der Waals surface area contributed by atoms with Crippen molar-refractivity contribution in [1.29, 1.82) is 0 Å². The fourth-order valence-electron chi connectivity index (χ4n) is 1.62. The molecule has 2 N–H and O–H groups in total. The molecule has 0 atom stereocenters. The summed E-state index contributed by atoms with van der Waals surface area (Å²) in [6.45, 7) is 4.73. The van der Waals surface area contributed by atoms with Gasteiger partial charge in [0.25, 0.3) is 5.56 Å². The fourth-order valence-corrected chi connectivity index (χ4v) is 2.51. The number of nitrogens with zero attached hydrogens (tertiary/aromatic N) is 3.